The van der Waals surface area contributed by atoms with E-state index in [4.69, 9.17) is 56.5 Å². The number of nitrogens with one attached hydrogen (secondary N) is 3. The molecule has 32 heavy (non-hydrogen) atoms. The predicted molar refractivity (Wildman–Crippen MR) is 131 cm³/mol. The van der Waals surface area contributed by atoms with Gasteiger partial charge in [0, 0.05) is 22.9 Å². The number of ketones is 1. The summed E-state index contributed by atoms with van der Waals surface area (Å²) in [5.74, 6) is 0.610. The van der Waals surface area contributed by atoms with Gasteiger partial charge < -0.3 is 25.4 Å². The molecule has 0 aromatic heterocycles. The van der Waals surface area contributed by atoms with Crippen LogP contribution in [0.5, 0.6) is 11.5 Å². The number of hydrogen-bond acceptors (Lipinski definition) is 5. The number of halogens is 3. The van der Waals surface area contributed by atoms with E-state index >= 15 is 0 Å². The number of alkyl halides is 3. The molecule has 0 spiro atoms. The van der Waals surface area contributed by atoms with E-state index in [1.807, 2.05) is 0 Å². The monoisotopic (exact) mass is 517 g/mol. The number of carbonyl (C=O) groups is 2. The van der Waals surface area contributed by atoms with Crippen LogP contribution in [0.25, 0.3) is 0 Å². The first kappa shape index (κ1) is 26.0. The Kier molecular flexibility index (Phi) is 9.39. The SMILES string of the molecule is COc1ccc(CC(=O)NC(NC(=S)Nc2ccc(C(C)=O)cc2)C(Cl)(Cl)Cl)c(OC)c1. The smallest absolute Gasteiger partial charge is 0.228 e. The van der Waals surface area contributed by atoms with Gasteiger partial charge in [-0.2, -0.15) is 0 Å². The average molecular weight is 519 g/mol. The van der Waals surface area contributed by atoms with Gasteiger partial charge in [0.15, 0.2) is 10.9 Å². The maximum absolute atomic E-state index is 12.6. The van der Waals surface area contributed by atoms with Crippen LogP contribution in [0.1, 0.15) is 22.8 Å². The number of hydrogen-bond donors (Lipinski definition) is 3. The Morgan fingerprint density at radius 1 is 1.03 bits per heavy atom. The molecule has 0 aliphatic rings. The van der Waals surface area contributed by atoms with E-state index in [0.717, 1.165) is 0 Å². The summed E-state index contributed by atoms with van der Waals surface area (Å²) in [6.45, 7) is 1.48. The van der Waals surface area contributed by atoms with Crippen molar-refractivity contribution in [2.75, 3.05) is 19.5 Å². The number of methoxy groups -OCH3 is 2. The Morgan fingerprint density at radius 2 is 1.69 bits per heavy atom. The zero-order valence-corrected chi connectivity index (χ0v) is 20.6. The number of carbonyl (C=O) groups excluding carboxylic acids is 2. The van der Waals surface area contributed by atoms with Gasteiger partial charge in [-0.3, -0.25) is 9.59 Å². The summed E-state index contributed by atoms with van der Waals surface area (Å²) >= 11 is 23.4. The fourth-order valence-corrected chi connectivity index (χ4v) is 3.23. The lowest BCUT2D eigenvalue weighted by molar-refractivity contribution is -0.121. The average Bonchev–Trinajstić information content (AvgIpc) is 2.73. The summed E-state index contributed by atoms with van der Waals surface area (Å²) in [6.07, 6.45) is -1.15. The molecule has 3 N–H and O–H groups in total. The molecule has 2 rings (SSSR count). The van der Waals surface area contributed by atoms with E-state index in [1.54, 1.807) is 42.5 Å². The van der Waals surface area contributed by atoms with Crippen molar-refractivity contribution in [1.29, 1.82) is 0 Å². The first-order valence-electron chi connectivity index (χ1n) is 9.29. The molecular formula is C21H22Cl3N3O4S. The molecule has 1 atom stereocenters. The second kappa shape index (κ2) is 11.6. The highest BCUT2D eigenvalue weighted by Gasteiger charge is 2.34. The summed E-state index contributed by atoms with van der Waals surface area (Å²) in [5.41, 5.74) is 1.81. The van der Waals surface area contributed by atoms with Crippen LogP contribution < -0.4 is 25.4 Å². The highest BCUT2D eigenvalue weighted by Crippen LogP contribution is 2.30. The third-order valence-corrected chi connectivity index (χ3v) is 5.18. The van der Waals surface area contributed by atoms with E-state index in [-0.39, 0.29) is 17.3 Å². The van der Waals surface area contributed by atoms with Gasteiger partial charge in [-0.25, -0.2) is 0 Å². The van der Waals surface area contributed by atoms with Crippen molar-refractivity contribution in [2.24, 2.45) is 0 Å². The first-order chi connectivity index (χ1) is 15.0. The maximum Gasteiger partial charge on any atom is 0.228 e. The van der Waals surface area contributed by atoms with E-state index < -0.39 is 15.9 Å². The van der Waals surface area contributed by atoms with Crippen LogP contribution in [-0.2, 0) is 11.2 Å². The number of Topliss-reactive ketones (excluding diaryl/α,β-unsaturated/α-hetero) is 1. The molecule has 0 saturated carbocycles. The lowest BCUT2D eigenvalue weighted by Gasteiger charge is -2.28. The summed E-state index contributed by atoms with van der Waals surface area (Å²) < 4.78 is 8.57. The summed E-state index contributed by atoms with van der Waals surface area (Å²) in [6, 6.07) is 11.8. The van der Waals surface area contributed by atoms with Crippen molar-refractivity contribution in [3.63, 3.8) is 0 Å². The number of rotatable bonds is 8. The van der Waals surface area contributed by atoms with Gasteiger partial charge in [0.25, 0.3) is 0 Å². The minimum absolute atomic E-state index is 0.0290. The summed E-state index contributed by atoms with van der Waals surface area (Å²) in [5, 5.41) is 8.42. The van der Waals surface area contributed by atoms with Gasteiger partial charge in [-0.05, 0) is 49.5 Å². The number of benzene rings is 2. The highest BCUT2D eigenvalue weighted by molar-refractivity contribution is 7.80. The molecule has 7 nitrogen and oxygen atoms in total. The summed E-state index contributed by atoms with van der Waals surface area (Å²) in [7, 11) is 3.03. The van der Waals surface area contributed by atoms with Crippen LogP contribution in [0.2, 0.25) is 0 Å². The largest absolute Gasteiger partial charge is 0.497 e. The number of anilines is 1. The molecule has 0 radical (unpaired) electrons. The third-order valence-electron chi connectivity index (χ3n) is 4.30. The molecular weight excluding hydrogens is 497 g/mol. The van der Waals surface area contributed by atoms with Crippen LogP contribution in [0, 0.1) is 0 Å². The fourth-order valence-electron chi connectivity index (χ4n) is 2.67. The quantitative estimate of drug-likeness (QED) is 0.208. The first-order valence-corrected chi connectivity index (χ1v) is 10.8. The van der Waals surface area contributed by atoms with Crippen LogP contribution in [0.4, 0.5) is 5.69 Å². The lowest BCUT2D eigenvalue weighted by Crippen LogP contribution is -2.56. The summed E-state index contributed by atoms with van der Waals surface area (Å²) in [4.78, 5) is 24.0. The second-order valence-electron chi connectivity index (χ2n) is 6.63. The predicted octanol–water partition coefficient (Wildman–Crippen LogP) is 4.25. The van der Waals surface area contributed by atoms with Crippen LogP contribution in [0.15, 0.2) is 42.5 Å². The van der Waals surface area contributed by atoms with Crippen molar-refractivity contribution >= 4 is 69.5 Å². The zero-order valence-electron chi connectivity index (χ0n) is 17.5. The number of amides is 1. The van der Waals surface area contributed by atoms with Gasteiger partial charge >= 0.3 is 0 Å². The molecule has 0 aliphatic carbocycles. The molecule has 11 heteroatoms. The van der Waals surface area contributed by atoms with E-state index in [1.165, 1.54) is 21.1 Å². The van der Waals surface area contributed by atoms with Crippen LogP contribution >= 0.6 is 47.0 Å². The van der Waals surface area contributed by atoms with Gasteiger partial charge in [-0.1, -0.05) is 40.9 Å². The fraction of sp³-hybridized carbons (Fsp3) is 0.286. The minimum atomic E-state index is -1.90. The van der Waals surface area contributed by atoms with Gasteiger partial charge in [0.05, 0.1) is 20.6 Å². The molecule has 0 bridgehead atoms. The van der Waals surface area contributed by atoms with Gasteiger partial charge in [0.2, 0.25) is 9.70 Å². The Bertz CT molecular complexity index is 981. The Morgan fingerprint density at radius 3 is 2.22 bits per heavy atom. The molecule has 2 aromatic rings. The molecule has 0 fully saturated rings. The number of thiocarbonyl (C=S) groups is 1. The Labute approximate surface area is 206 Å². The molecule has 0 aliphatic heterocycles. The van der Waals surface area contributed by atoms with Crippen molar-refractivity contribution in [3.8, 4) is 11.5 Å². The van der Waals surface area contributed by atoms with E-state index in [0.29, 0.717) is 28.3 Å². The maximum atomic E-state index is 12.6. The Hall–Kier alpha value is -2.26. The Balaban J connectivity index is 2.04. The van der Waals surface area contributed by atoms with Gasteiger partial charge in [0.1, 0.15) is 17.7 Å². The van der Waals surface area contributed by atoms with Crippen molar-refractivity contribution in [3.05, 3.63) is 53.6 Å². The third kappa shape index (κ3) is 7.70. The molecule has 1 unspecified atom stereocenters. The zero-order chi connectivity index (χ0) is 23.9. The standard InChI is InChI=1S/C21H22Cl3N3O4S/c1-12(28)13-4-7-15(8-5-13)25-20(32)27-19(21(22,23)24)26-18(29)10-14-6-9-16(30-2)11-17(14)31-3/h4-9,11,19H,10H2,1-3H3,(H,26,29)(H2,25,27,32). The normalized spacial score (nSPS) is 11.8. The van der Waals surface area contributed by atoms with E-state index in [2.05, 4.69) is 16.0 Å². The highest BCUT2D eigenvalue weighted by atomic mass is 35.6. The van der Waals surface area contributed by atoms with Gasteiger partial charge in [-0.15, -0.1) is 0 Å². The van der Waals surface area contributed by atoms with Crippen molar-refractivity contribution in [1.82, 2.24) is 10.6 Å². The minimum Gasteiger partial charge on any atom is -0.497 e. The van der Waals surface area contributed by atoms with Crippen LogP contribution in [0.3, 0.4) is 0 Å². The molecule has 0 heterocycles. The molecule has 2 aromatic carbocycles. The van der Waals surface area contributed by atoms with Crippen molar-refractivity contribution < 1.29 is 19.1 Å². The molecule has 0 saturated heterocycles. The van der Waals surface area contributed by atoms with E-state index in [9.17, 15) is 9.59 Å². The second-order valence-corrected chi connectivity index (χ2v) is 9.41. The topological polar surface area (TPSA) is 88.7 Å². The number of ether oxygens (including phenoxy) is 2. The molecule has 172 valence electrons. The lowest BCUT2D eigenvalue weighted by atomic mass is 10.1. The molecule has 1 amide bonds. The van der Waals surface area contributed by atoms with Crippen molar-refractivity contribution in [2.45, 2.75) is 23.3 Å². The van der Waals surface area contributed by atoms with Crippen LogP contribution in [-0.4, -0.2) is 41.0 Å².